The first-order valence-corrected chi connectivity index (χ1v) is 6.67. The highest BCUT2D eigenvalue weighted by atomic mass is 32.1. The molecule has 19 heavy (non-hydrogen) atoms. The summed E-state index contributed by atoms with van der Waals surface area (Å²) >= 11 is 5.50. The van der Waals surface area contributed by atoms with Gasteiger partial charge in [0.15, 0.2) is 10.9 Å². The highest BCUT2D eigenvalue weighted by Gasteiger charge is 2.18. The smallest absolute Gasteiger partial charge is 0.176 e. The lowest BCUT2D eigenvalue weighted by Crippen LogP contribution is -2.43. The zero-order valence-electron chi connectivity index (χ0n) is 12.6. The largest absolute Gasteiger partial charge is 0.355 e. The highest BCUT2D eigenvalue weighted by molar-refractivity contribution is 7.80. The van der Waals surface area contributed by atoms with E-state index >= 15 is 0 Å². The van der Waals surface area contributed by atoms with Gasteiger partial charge in [-0.05, 0) is 40.2 Å². The number of aryl methyl sites for hydroxylation is 2. The van der Waals surface area contributed by atoms with Gasteiger partial charge in [-0.2, -0.15) is 0 Å². The van der Waals surface area contributed by atoms with Crippen molar-refractivity contribution >= 4 is 23.1 Å². The quantitative estimate of drug-likeness (QED) is 0.774. The molecule has 1 aromatic rings. The van der Waals surface area contributed by atoms with E-state index in [9.17, 15) is 0 Å². The zero-order chi connectivity index (χ0) is 14.6. The fourth-order valence-electron chi connectivity index (χ4n) is 1.61. The van der Waals surface area contributed by atoms with Crippen LogP contribution >= 0.6 is 12.2 Å². The molecule has 0 aromatic carbocycles. The Balaban J connectivity index is 3.07. The van der Waals surface area contributed by atoms with E-state index in [1.54, 1.807) is 6.20 Å². The van der Waals surface area contributed by atoms with Gasteiger partial charge in [-0.15, -0.1) is 0 Å². The number of hydrogen-bond donors (Lipinski definition) is 0. The molecular weight excluding hydrogens is 258 g/mol. The molecule has 0 atom stereocenters. The lowest BCUT2D eigenvalue weighted by Gasteiger charge is -2.30. The van der Waals surface area contributed by atoms with Crippen molar-refractivity contribution in [1.82, 2.24) is 19.8 Å². The second-order valence-electron chi connectivity index (χ2n) is 5.05. The first-order valence-electron chi connectivity index (χ1n) is 6.26. The zero-order valence-corrected chi connectivity index (χ0v) is 13.5. The SMILES string of the molecule is Cc1cnc(C)c(N(CCN(C)C)C(=S)N(C)C)n1. The van der Waals surface area contributed by atoms with E-state index in [0.29, 0.717) is 0 Å². The Morgan fingerprint density at radius 1 is 1.16 bits per heavy atom. The van der Waals surface area contributed by atoms with Gasteiger partial charge < -0.3 is 14.7 Å². The molecule has 6 heteroatoms. The third kappa shape index (κ3) is 4.40. The van der Waals surface area contributed by atoms with Crippen LogP contribution < -0.4 is 4.90 Å². The maximum absolute atomic E-state index is 5.50. The lowest BCUT2D eigenvalue weighted by atomic mass is 10.3. The molecule has 0 aliphatic carbocycles. The summed E-state index contributed by atoms with van der Waals surface area (Å²) < 4.78 is 0. The molecule has 0 spiro atoms. The number of rotatable bonds is 4. The monoisotopic (exact) mass is 281 g/mol. The van der Waals surface area contributed by atoms with Crippen molar-refractivity contribution in [1.29, 1.82) is 0 Å². The third-order valence-corrected chi connectivity index (χ3v) is 3.28. The molecule has 106 valence electrons. The molecule has 1 aromatic heterocycles. The van der Waals surface area contributed by atoms with Gasteiger partial charge in [0, 0.05) is 33.4 Å². The van der Waals surface area contributed by atoms with Crippen molar-refractivity contribution in [2.75, 3.05) is 46.2 Å². The van der Waals surface area contributed by atoms with Gasteiger partial charge >= 0.3 is 0 Å². The number of nitrogens with zero attached hydrogens (tertiary/aromatic N) is 5. The van der Waals surface area contributed by atoms with Crippen molar-refractivity contribution in [3.63, 3.8) is 0 Å². The van der Waals surface area contributed by atoms with Crippen LogP contribution in [0.1, 0.15) is 11.4 Å². The molecule has 0 saturated carbocycles. The molecule has 0 unspecified atom stereocenters. The molecule has 0 saturated heterocycles. The van der Waals surface area contributed by atoms with Crippen molar-refractivity contribution in [3.8, 4) is 0 Å². The summed E-state index contributed by atoms with van der Waals surface area (Å²) in [5.41, 5.74) is 1.80. The summed E-state index contributed by atoms with van der Waals surface area (Å²) in [5, 5.41) is 0.754. The van der Waals surface area contributed by atoms with Crippen LogP contribution in [0, 0.1) is 13.8 Å². The van der Waals surface area contributed by atoms with Crippen LogP contribution in [-0.2, 0) is 0 Å². The van der Waals surface area contributed by atoms with Crippen molar-refractivity contribution in [2.24, 2.45) is 0 Å². The van der Waals surface area contributed by atoms with Gasteiger partial charge in [-0.25, -0.2) is 4.98 Å². The Kier molecular flexibility index (Phi) is 5.62. The first kappa shape index (κ1) is 15.8. The fraction of sp³-hybridized carbons (Fsp3) is 0.615. The Hall–Kier alpha value is -1.27. The van der Waals surface area contributed by atoms with Gasteiger partial charge in [-0.1, -0.05) is 0 Å². The van der Waals surface area contributed by atoms with Gasteiger partial charge in [0.1, 0.15) is 0 Å². The topological polar surface area (TPSA) is 35.5 Å². The second kappa shape index (κ2) is 6.77. The van der Waals surface area contributed by atoms with E-state index in [-0.39, 0.29) is 0 Å². The lowest BCUT2D eigenvalue weighted by molar-refractivity contribution is 0.417. The van der Waals surface area contributed by atoms with E-state index < -0.39 is 0 Å². The number of anilines is 1. The Morgan fingerprint density at radius 2 is 1.79 bits per heavy atom. The third-order valence-electron chi connectivity index (χ3n) is 2.69. The van der Waals surface area contributed by atoms with Gasteiger partial charge in [-0.3, -0.25) is 4.98 Å². The average molecular weight is 281 g/mol. The summed E-state index contributed by atoms with van der Waals surface area (Å²) in [5.74, 6) is 0.848. The van der Waals surface area contributed by atoms with Crippen molar-refractivity contribution < 1.29 is 0 Å². The maximum atomic E-state index is 5.50. The highest BCUT2D eigenvalue weighted by Crippen LogP contribution is 2.16. The molecule has 0 aliphatic rings. The van der Waals surface area contributed by atoms with Crippen molar-refractivity contribution in [3.05, 3.63) is 17.6 Å². The summed E-state index contributed by atoms with van der Waals surface area (Å²) in [6.45, 7) is 5.60. The molecule has 0 amide bonds. The van der Waals surface area contributed by atoms with Crippen LogP contribution in [-0.4, -0.2) is 66.2 Å². The van der Waals surface area contributed by atoms with Crippen LogP contribution in [0.15, 0.2) is 6.20 Å². The minimum Gasteiger partial charge on any atom is -0.355 e. The molecule has 0 aliphatic heterocycles. The van der Waals surface area contributed by atoms with Gasteiger partial charge in [0.25, 0.3) is 0 Å². The Labute approximate surface area is 121 Å². The molecule has 0 N–H and O–H groups in total. The average Bonchev–Trinajstić information content (AvgIpc) is 2.32. The van der Waals surface area contributed by atoms with Crippen LogP contribution in [0.5, 0.6) is 0 Å². The fourth-order valence-corrected chi connectivity index (χ4v) is 1.79. The second-order valence-corrected chi connectivity index (χ2v) is 5.42. The summed E-state index contributed by atoms with van der Waals surface area (Å²) in [6, 6.07) is 0. The summed E-state index contributed by atoms with van der Waals surface area (Å²) in [7, 11) is 7.99. The number of thiocarbonyl (C=S) groups is 1. The van der Waals surface area contributed by atoms with E-state index in [1.165, 1.54) is 0 Å². The van der Waals surface area contributed by atoms with Gasteiger partial charge in [0.2, 0.25) is 0 Å². The Bertz CT molecular complexity index is 445. The predicted molar refractivity (Wildman–Crippen MR) is 83.7 cm³/mol. The molecule has 0 radical (unpaired) electrons. The van der Waals surface area contributed by atoms with Crippen molar-refractivity contribution in [2.45, 2.75) is 13.8 Å². The first-order chi connectivity index (χ1) is 8.82. The van der Waals surface area contributed by atoms with E-state index in [2.05, 4.69) is 14.9 Å². The molecular formula is C13H23N5S. The maximum Gasteiger partial charge on any atom is 0.176 e. The van der Waals surface area contributed by atoms with Crippen LogP contribution in [0.2, 0.25) is 0 Å². The van der Waals surface area contributed by atoms with Crippen LogP contribution in [0.3, 0.4) is 0 Å². The van der Waals surface area contributed by atoms with E-state index in [4.69, 9.17) is 12.2 Å². The standard InChI is InChI=1S/C13H23N5S/c1-10-9-14-11(2)12(15-10)18(8-7-16(3)4)13(19)17(5)6/h9H,7-8H2,1-6H3. The minimum atomic E-state index is 0.754. The molecule has 0 bridgehead atoms. The Morgan fingerprint density at radius 3 is 2.32 bits per heavy atom. The molecule has 1 heterocycles. The minimum absolute atomic E-state index is 0.754. The number of aromatic nitrogens is 2. The van der Waals surface area contributed by atoms with E-state index in [1.807, 2.05) is 51.8 Å². The summed E-state index contributed by atoms with van der Waals surface area (Å²) in [6.07, 6.45) is 1.78. The normalized spacial score (nSPS) is 10.7. The number of likely N-dealkylation sites (N-methyl/N-ethyl adjacent to an activating group) is 1. The van der Waals surface area contributed by atoms with Crippen LogP contribution in [0.25, 0.3) is 0 Å². The van der Waals surface area contributed by atoms with Gasteiger partial charge in [0.05, 0.1) is 11.4 Å². The molecule has 5 nitrogen and oxygen atoms in total. The number of hydrogen-bond acceptors (Lipinski definition) is 4. The molecule has 0 fully saturated rings. The molecule has 1 rings (SSSR count). The van der Waals surface area contributed by atoms with Crippen LogP contribution in [0.4, 0.5) is 5.82 Å². The summed E-state index contributed by atoms with van der Waals surface area (Å²) in [4.78, 5) is 15.1. The van der Waals surface area contributed by atoms with E-state index in [0.717, 1.165) is 35.4 Å². The predicted octanol–water partition coefficient (Wildman–Crippen LogP) is 1.31.